The van der Waals surface area contributed by atoms with E-state index in [4.69, 9.17) is 0 Å². The Balaban J connectivity index is 1.64. The van der Waals surface area contributed by atoms with Gasteiger partial charge < -0.3 is 9.80 Å². The SMILES string of the molecule is CC(=O)N1CCN(C(=O)CCCCc2ccc(Br)cc2)CC1. The molecular weight excluding hydrogens is 344 g/mol. The number of piperazine rings is 1. The molecule has 2 rings (SSSR count). The number of hydrogen-bond donors (Lipinski definition) is 0. The largest absolute Gasteiger partial charge is 0.339 e. The lowest BCUT2D eigenvalue weighted by molar-refractivity contribution is -0.138. The van der Waals surface area contributed by atoms with Crippen LogP contribution >= 0.6 is 15.9 Å². The van der Waals surface area contributed by atoms with Crippen molar-refractivity contribution in [2.24, 2.45) is 0 Å². The van der Waals surface area contributed by atoms with E-state index in [0.29, 0.717) is 32.6 Å². The molecule has 1 aliphatic rings. The monoisotopic (exact) mass is 366 g/mol. The Hall–Kier alpha value is -1.36. The van der Waals surface area contributed by atoms with Gasteiger partial charge in [-0.1, -0.05) is 28.1 Å². The molecule has 2 amide bonds. The second-order valence-corrected chi connectivity index (χ2v) is 6.64. The molecule has 1 aromatic carbocycles. The first-order valence-electron chi connectivity index (χ1n) is 7.84. The van der Waals surface area contributed by atoms with Crippen LogP contribution in [0.3, 0.4) is 0 Å². The van der Waals surface area contributed by atoms with E-state index in [1.54, 1.807) is 11.8 Å². The molecule has 120 valence electrons. The molecule has 0 saturated carbocycles. The molecule has 1 saturated heterocycles. The van der Waals surface area contributed by atoms with Gasteiger partial charge >= 0.3 is 0 Å². The number of halogens is 1. The smallest absolute Gasteiger partial charge is 0.222 e. The molecule has 0 atom stereocenters. The summed E-state index contributed by atoms with van der Waals surface area (Å²) in [5.41, 5.74) is 1.31. The van der Waals surface area contributed by atoms with Crippen molar-refractivity contribution in [1.82, 2.24) is 9.80 Å². The number of hydrogen-bond acceptors (Lipinski definition) is 2. The van der Waals surface area contributed by atoms with E-state index >= 15 is 0 Å². The number of unbranched alkanes of at least 4 members (excludes halogenated alkanes) is 1. The van der Waals surface area contributed by atoms with Gasteiger partial charge in [-0.05, 0) is 37.0 Å². The molecule has 0 radical (unpaired) electrons. The minimum Gasteiger partial charge on any atom is -0.339 e. The summed E-state index contributed by atoms with van der Waals surface area (Å²) in [6.07, 6.45) is 3.57. The van der Waals surface area contributed by atoms with E-state index in [-0.39, 0.29) is 11.8 Å². The van der Waals surface area contributed by atoms with E-state index in [2.05, 4.69) is 40.2 Å². The third kappa shape index (κ3) is 5.13. The van der Waals surface area contributed by atoms with Crippen LogP contribution < -0.4 is 0 Å². The van der Waals surface area contributed by atoms with Gasteiger partial charge in [-0.3, -0.25) is 9.59 Å². The first-order valence-corrected chi connectivity index (χ1v) is 8.63. The van der Waals surface area contributed by atoms with Gasteiger partial charge in [-0.2, -0.15) is 0 Å². The van der Waals surface area contributed by atoms with Gasteiger partial charge in [-0.25, -0.2) is 0 Å². The first-order chi connectivity index (χ1) is 10.6. The lowest BCUT2D eigenvalue weighted by Gasteiger charge is -2.34. The minimum atomic E-state index is 0.0987. The predicted octanol–water partition coefficient (Wildman–Crippen LogP) is 2.85. The number of carbonyl (C=O) groups excluding carboxylic acids is 2. The van der Waals surface area contributed by atoms with Crippen LogP contribution in [0.25, 0.3) is 0 Å². The lowest BCUT2D eigenvalue weighted by Crippen LogP contribution is -2.50. The number of carbonyl (C=O) groups is 2. The van der Waals surface area contributed by atoms with Crippen LogP contribution in [0.1, 0.15) is 31.7 Å². The Kier molecular flexibility index (Phi) is 6.43. The molecular formula is C17H23BrN2O2. The van der Waals surface area contributed by atoms with Crippen molar-refractivity contribution in [3.05, 3.63) is 34.3 Å². The Morgan fingerprint density at radius 3 is 2.18 bits per heavy atom. The maximum absolute atomic E-state index is 12.1. The molecule has 0 bridgehead atoms. The summed E-state index contributed by atoms with van der Waals surface area (Å²) in [5, 5.41) is 0. The number of rotatable bonds is 5. The third-order valence-electron chi connectivity index (χ3n) is 4.10. The Morgan fingerprint density at radius 1 is 1.00 bits per heavy atom. The van der Waals surface area contributed by atoms with E-state index < -0.39 is 0 Å². The van der Waals surface area contributed by atoms with Gasteiger partial charge in [-0.15, -0.1) is 0 Å². The molecule has 1 fully saturated rings. The molecule has 5 heteroatoms. The molecule has 1 aromatic rings. The number of benzene rings is 1. The van der Waals surface area contributed by atoms with Gasteiger partial charge in [0.15, 0.2) is 0 Å². The van der Waals surface area contributed by atoms with Gasteiger partial charge in [0.1, 0.15) is 0 Å². The van der Waals surface area contributed by atoms with Crippen LogP contribution in [-0.2, 0) is 16.0 Å². The summed E-state index contributed by atoms with van der Waals surface area (Å²) >= 11 is 3.43. The zero-order valence-electron chi connectivity index (χ0n) is 13.1. The quantitative estimate of drug-likeness (QED) is 0.751. The highest BCUT2D eigenvalue weighted by Crippen LogP contribution is 2.13. The van der Waals surface area contributed by atoms with Crippen LogP contribution in [0.5, 0.6) is 0 Å². The van der Waals surface area contributed by atoms with E-state index in [0.717, 1.165) is 23.7 Å². The van der Waals surface area contributed by atoms with Crippen LogP contribution in [-0.4, -0.2) is 47.8 Å². The van der Waals surface area contributed by atoms with Crippen LogP contribution in [0.15, 0.2) is 28.7 Å². The molecule has 22 heavy (non-hydrogen) atoms. The molecule has 1 aliphatic heterocycles. The summed E-state index contributed by atoms with van der Waals surface area (Å²) in [5.74, 6) is 0.320. The van der Waals surface area contributed by atoms with Crippen molar-refractivity contribution in [2.75, 3.05) is 26.2 Å². The second-order valence-electron chi connectivity index (χ2n) is 5.72. The molecule has 0 spiro atoms. The molecule has 0 unspecified atom stereocenters. The predicted molar refractivity (Wildman–Crippen MR) is 90.5 cm³/mol. The molecule has 0 aromatic heterocycles. The minimum absolute atomic E-state index is 0.0987. The maximum Gasteiger partial charge on any atom is 0.222 e. The topological polar surface area (TPSA) is 40.6 Å². The molecule has 0 aliphatic carbocycles. The highest BCUT2D eigenvalue weighted by atomic mass is 79.9. The Labute approximate surface area is 140 Å². The van der Waals surface area contributed by atoms with Crippen molar-refractivity contribution >= 4 is 27.7 Å². The second kappa shape index (κ2) is 8.32. The Bertz CT molecular complexity index is 508. The zero-order valence-corrected chi connectivity index (χ0v) is 14.6. The number of amides is 2. The van der Waals surface area contributed by atoms with Crippen molar-refractivity contribution in [3.8, 4) is 0 Å². The summed E-state index contributed by atoms with van der Waals surface area (Å²) < 4.78 is 1.09. The maximum atomic E-state index is 12.1. The third-order valence-corrected chi connectivity index (χ3v) is 4.63. The van der Waals surface area contributed by atoms with E-state index in [1.807, 2.05) is 4.90 Å². The van der Waals surface area contributed by atoms with Crippen LogP contribution in [0.2, 0.25) is 0 Å². The van der Waals surface area contributed by atoms with Gasteiger partial charge in [0.2, 0.25) is 11.8 Å². The summed E-state index contributed by atoms with van der Waals surface area (Å²) in [7, 11) is 0. The van der Waals surface area contributed by atoms with Crippen molar-refractivity contribution in [2.45, 2.75) is 32.6 Å². The fourth-order valence-corrected chi connectivity index (χ4v) is 2.95. The van der Waals surface area contributed by atoms with Crippen LogP contribution in [0.4, 0.5) is 0 Å². The summed E-state index contributed by atoms with van der Waals surface area (Å²) in [4.78, 5) is 27.1. The summed E-state index contributed by atoms with van der Waals surface area (Å²) in [6.45, 7) is 4.26. The first kappa shape index (κ1) is 17.0. The fraction of sp³-hybridized carbons (Fsp3) is 0.529. The number of aryl methyl sites for hydroxylation is 1. The average molecular weight is 367 g/mol. The van der Waals surface area contributed by atoms with Crippen molar-refractivity contribution < 1.29 is 9.59 Å². The van der Waals surface area contributed by atoms with Crippen LogP contribution in [0, 0.1) is 0 Å². The molecule has 1 heterocycles. The van der Waals surface area contributed by atoms with Crippen molar-refractivity contribution in [1.29, 1.82) is 0 Å². The summed E-state index contributed by atoms with van der Waals surface area (Å²) in [6, 6.07) is 8.34. The highest BCUT2D eigenvalue weighted by molar-refractivity contribution is 9.10. The average Bonchev–Trinajstić information content (AvgIpc) is 2.53. The van der Waals surface area contributed by atoms with Crippen molar-refractivity contribution in [3.63, 3.8) is 0 Å². The molecule has 4 nitrogen and oxygen atoms in total. The van der Waals surface area contributed by atoms with E-state index in [9.17, 15) is 9.59 Å². The molecule has 0 N–H and O–H groups in total. The highest BCUT2D eigenvalue weighted by Gasteiger charge is 2.21. The lowest BCUT2D eigenvalue weighted by atomic mass is 10.1. The zero-order chi connectivity index (χ0) is 15.9. The normalized spacial score (nSPS) is 15.0. The Morgan fingerprint density at radius 2 is 1.59 bits per heavy atom. The standard InChI is InChI=1S/C17H23BrN2O2/c1-14(21)19-10-12-20(13-11-19)17(22)5-3-2-4-15-6-8-16(18)9-7-15/h6-9H,2-5,10-13H2,1H3. The fourth-order valence-electron chi connectivity index (χ4n) is 2.69. The van der Waals surface area contributed by atoms with Gasteiger partial charge in [0.05, 0.1) is 0 Å². The number of nitrogens with zero attached hydrogens (tertiary/aromatic N) is 2. The van der Waals surface area contributed by atoms with Gasteiger partial charge in [0.25, 0.3) is 0 Å². The van der Waals surface area contributed by atoms with E-state index in [1.165, 1.54) is 5.56 Å². The van der Waals surface area contributed by atoms with Gasteiger partial charge in [0, 0.05) is 44.0 Å².